The van der Waals surface area contributed by atoms with Crippen LogP contribution in [0, 0.1) is 0 Å². The number of β-amino-alcohol motifs (C(OH)–C–C–N with tert-alkyl or cyclic N) is 1. The quantitative estimate of drug-likeness (QED) is 0.756. The van der Waals surface area contributed by atoms with Gasteiger partial charge in [0.25, 0.3) is 0 Å². The van der Waals surface area contributed by atoms with Crippen LogP contribution in [0.3, 0.4) is 0 Å². The molecule has 2 heterocycles. The molecule has 0 aromatic rings. The minimum absolute atomic E-state index is 0.213. The van der Waals surface area contributed by atoms with Gasteiger partial charge in [-0.25, -0.2) is 8.42 Å². The lowest BCUT2D eigenvalue weighted by Crippen LogP contribution is -2.49. The first-order valence-electron chi connectivity index (χ1n) is 6.85. The monoisotopic (exact) mass is 292 g/mol. The summed E-state index contributed by atoms with van der Waals surface area (Å²) in [6, 6.07) is 0. The average molecular weight is 292 g/mol. The van der Waals surface area contributed by atoms with E-state index in [4.69, 9.17) is 4.74 Å². The third kappa shape index (κ3) is 3.46. The van der Waals surface area contributed by atoms with Gasteiger partial charge >= 0.3 is 0 Å². The topological polar surface area (TPSA) is 70.1 Å². The highest BCUT2D eigenvalue weighted by Gasteiger charge is 2.42. The van der Waals surface area contributed by atoms with Gasteiger partial charge in [0.1, 0.15) is 0 Å². The number of ether oxygens (including phenoxy) is 1. The van der Waals surface area contributed by atoms with Crippen LogP contribution in [-0.2, 0) is 14.8 Å². The Kier molecular flexibility index (Phi) is 4.52. The number of hydrogen-bond acceptors (Lipinski definition) is 5. The maximum absolute atomic E-state index is 12.1. The molecule has 2 aliphatic rings. The Labute approximate surface area is 115 Å². The van der Waals surface area contributed by atoms with Crippen molar-refractivity contribution in [2.75, 3.05) is 45.9 Å². The van der Waals surface area contributed by atoms with Crippen LogP contribution in [-0.4, -0.2) is 79.5 Å². The lowest BCUT2D eigenvalue weighted by atomic mass is 10.0. The molecule has 0 amide bonds. The summed E-state index contributed by atoms with van der Waals surface area (Å²) in [4.78, 5) is 2.15. The van der Waals surface area contributed by atoms with Gasteiger partial charge in [-0.05, 0) is 20.3 Å². The lowest BCUT2D eigenvalue weighted by Gasteiger charge is -2.33. The standard InChI is InChI=1S/C12H24N2O4S/c1-11(2)19(16,17)14-4-3-12(15,10-14)9-13-5-7-18-8-6-13/h11,15H,3-10H2,1-2H3. The summed E-state index contributed by atoms with van der Waals surface area (Å²) < 4.78 is 30.9. The van der Waals surface area contributed by atoms with Gasteiger partial charge in [-0.3, -0.25) is 4.90 Å². The van der Waals surface area contributed by atoms with Gasteiger partial charge < -0.3 is 9.84 Å². The smallest absolute Gasteiger partial charge is 0.216 e. The van der Waals surface area contributed by atoms with Crippen molar-refractivity contribution in [3.63, 3.8) is 0 Å². The third-order valence-electron chi connectivity index (χ3n) is 3.87. The number of hydrogen-bond donors (Lipinski definition) is 1. The van der Waals surface area contributed by atoms with Crippen LogP contribution in [0.5, 0.6) is 0 Å². The highest BCUT2D eigenvalue weighted by atomic mass is 32.2. The molecule has 0 radical (unpaired) electrons. The van der Waals surface area contributed by atoms with Crippen molar-refractivity contribution in [1.29, 1.82) is 0 Å². The number of morpholine rings is 1. The molecule has 0 aliphatic carbocycles. The first kappa shape index (κ1) is 15.2. The molecule has 2 fully saturated rings. The zero-order chi connectivity index (χ0) is 14.1. The van der Waals surface area contributed by atoms with Crippen LogP contribution < -0.4 is 0 Å². The van der Waals surface area contributed by atoms with Gasteiger partial charge in [-0.2, -0.15) is 4.31 Å². The summed E-state index contributed by atoms with van der Waals surface area (Å²) in [6.07, 6.45) is 0.510. The molecule has 19 heavy (non-hydrogen) atoms. The molecule has 0 bridgehead atoms. The summed E-state index contributed by atoms with van der Waals surface area (Å²) in [5, 5.41) is 10.1. The van der Waals surface area contributed by atoms with E-state index in [1.54, 1.807) is 13.8 Å². The fraction of sp³-hybridized carbons (Fsp3) is 1.00. The number of aliphatic hydroxyl groups is 1. The molecular formula is C12H24N2O4S. The van der Waals surface area contributed by atoms with Crippen LogP contribution in [0.25, 0.3) is 0 Å². The Morgan fingerprint density at radius 1 is 1.26 bits per heavy atom. The fourth-order valence-electron chi connectivity index (χ4n) is 2.64. The Hall–Kier alpha value is -0.210. The van der Waals surface area contributed by atoms with Crippen LogP contribution in [0.2, 0.25) is 0 Å². The average Bonchev–Trinajstić information content (AvgIpc) is 2.73. The lowest BCUT2D eigenvalue weighted by molar-refractivity contribution is -0.0239. The van der Waals surface area contributed by atoms with Crippen molar-refractivity contribution in [3.8, 4) is 0 Å². The van der Waals surface area contributed by atoms with Crippen LogP contribution in [0.4, 0.5) is 0 Å². The highest BCUT2D eigenvalue weighted by molar-refractivity contribution is 7.89. The van der Waals surface area contributed by atoms with Crippen LogP contribution in [0.1, 0.15) is 20.3 Å². The van der Waals surface area contributed by atoms with Gasteiger partial charge in [-0.15, -0.1) is 0 Å². The largest absolute Gasteiger partial charge is 0.387 e. The van der Waals surface area contributed by atoms with E-state index in [0.717, 1.165) is 13.1 Å². The Morgan fingerprint density at radius 3 is 2.47 bits per heavy atom. The first-order valence-corrected chi connectivity index (χ1v) is 8.35. The SMILES string of the molecule is CC(C)S(=O)(=O)N1CCC(O)(CN2CCOCC2)C1. The van der Waals surface area contributed by atoms with Gasteiger partial charge in [0.05, 0.1) is 24.1 Å². The van der Waals surface area contributed by atoms with Crippen molar-refractivity contribution >= 4 is 10.0 Å². The molecule has 6 nitrogen and oxygen atoms in total. The number of rotatable bonds is 4. The normalized spacial score (nSPS) is 31.2. The van der Waals surface area contributed by atoms with E-state index < -0.39 is 20.9 Å². The second-order valence-corrected chi connectivity index (χ2v) is 8.28. The number of nitrogens with zero attached hydrogens (tertiary/aromatic N) is 2. The minimum Gasteiger partial charge on any atom is -0.387 e. The number of sulfonamides is 1. The van der Waals surface area contributed by atoms with E-state index in [2.05, 4.69) is 4.90 Å². The van der Waals surface area contributed by atoms with Crippen molar-refractivity contribution in [2.24, 2.45) is 0 Å². The highest BCUT2D eigenvalue weighted by Crippen LogP contribution is 2.26. The summed E-state index contributed by atoms with van der Waals surface area (Å²) in [5.41, 5.74) is -0.917. The van der Waals surface area contributed by atoms with Crippen molar-refractivity contribution < 1.29 is 18.3 Å². The maximum Gasteiger partial charge on any atom is 0.216 e. The molecule has 1 atom stereocenters. The van der Waals surface area contributed by atoms with E-state index in [-0.39, 0.29) is 6.54 Å². The molecular weight excluding hydrogens is 268 g/mol. The van der Waals surface area contributed by atoms with E-state index in [1.807, 2.05) is 0 Å². The van der Waals surface area contributed by atoms with Gasteiger partial charge in [0, 0.05) is 32.7 Å². The summed E-state index contributed by atoms with van der Waals surface area (Å²) >= 11 is 0. The van der Waals surface area contributed by atoms with E-state index in [0.29, 0.717) is 32.7 Å². The van der Waals surface area contributed by atoms with E-state index in [1.165, 1.54) is 4.31 Å². The zero-order valence-electron chi connectivity index (χ0n) is 11.7. The second-order valence-electron chi connectivity index (χ2n) is 5.79. The molecule has 2 aliphatic heterocycles. The Morgan fingerprint density at radius 2 is 1.89 bits per heavy atom. The molecule has 0 aromatic heterocycles. The van der Waals surface area contributed by atoms with Crippen molar-refractivity contribution in [2.45, 2.75) is 31.1 Å². The van der Waals surface area contributed by atoms with Gasteiger partial charge in [-0.1, -0.05) is 0 Å². The third-order valence-corrected chi connectivity index (χ3v) is 6.10. The molecule has 2 saturated heterocycles. The predicted octanol–water partition coefficient (Wildman–Crippen LogP) is -0.506. The molecule has 7 heteroatoms. The van der Waals surface area contributed by atoms with Crippen molar-refractivity contribution in [3.05, 3.63) is 0 Å². The molecule has 112 valence electrons. The predicted molar refractivity (Wildman–Crippen MR) is 72.5 cm³/mol. The summed E-state index contributed by atoms with van der Waals surface area (Å²) in [6.45, 7) is 7.49. The first-order chi connectivity index (χ1) is 8.83. The second kappa shape index (κ2) is 5.65. The Bertz CT molecular complexity index is 406. The minimum atomic E-state index is -3.26. The maximum atomic E-state index is 12.1. The fourth-order valence-corrected chi connectivity index (χ4v) is 4.00. The zero-order valence-corrected chi connectivity index (χ0v) is 12.5. The molecule has 1 unspecified atom stereocenters. The van der Waals surface area contributed by atoms with Crippen LogP contribution >= 0.6 is 0 Å². The molecule has 0 spiro atoms. The van der Waals surface area contributed by atoms with E-state index >= 15 is 0 Å². The molecule has 2 rings (SSSR count). The van der Waals surface area contributed by atoms with Crippen molar-refractivity contribution in [1.82, 2.24) is 9.21 Å². The molecule has 0 aromatic carbocycles. The Balaban J connectivity index is 1.96. The summed E-state index contributed by atoms with van der Waals surface area (Å²) in [7, 11) is -3.26. The summed E-state index contributed by atoms with van der Waals surface area (Å²) in [5.74, 6) is 0. The van der Waals surface area contributed by atoms with Gasteiger partial charge in [0.2, 0.25) is 10.0 Å². The molecule has 0 saturated carbocycles. The van der Waals surface area contributed by atoms with Gasteiger partial charge in [0.15, 0.2) is 0 Å². The molecule has 1 N–H and O–H groups in total. The van der Waals surface area contributed by atoms with E-state index in [9.17, 15) is 13.5 Å². The van der Waals surface area contributed by atoms with Crippen LogP contribution in [0.15, 0.2) is 0 Å².